The third-order valence-corrected chi connectivity index (χ3v) is 3.68. The SMILES string of the molecule is COc1ccc(OCCn2cc(C(=O)O)c3ccccc32)cc1. The summed E-state index contributed by atoms with van der Waals surface area (Å²) in [5, 5.41) is 10.0. The summed E-state index contributed by atoms with van der Waals surface area (Å²) in [5.41, 5.74) is 1.20. The minimum atomic E-state index is -0.920. The number of aromatic carboxylic acids is 1. The van der Waals surface area contributed by atoms with E-state index in [1.165, 1.54) is 0 Å². The van der Waals surface area contributed by atoms with E-state index in [1.54, 1.807) is 13.3 Å². The highest BCUT2D eigenvalue weighted by Gasteiger charge is 2.13. The van der Waals surface area contributed by atoms with Crippen LogP contribution in [-0.4, -0.2) is 29.4 Å². The first-order valence-electron chi connectivity index (χ1n) is 7.27. The minimum absolute atomic E-state index is 0.310. The predicted octanol–water partition coefficient (Wildman–Crippen LogP) is 3.43. The molecule has 0 saturated heterocycles. The second kappa shape index (κ2) is 6.44. The molecule has 0 aliphatic rings. The number of aromatic nitrogens is 1. The van der Waals surface area contributed by atoms with Crippen LogP contribution in [0.15, 0.2) is 54.7 Å². The van der Waals surface area contributed by atoms with Crippen LogP contribution in [0.5, 0.6) is 11.5 Å². The largest absolute Gasteiger partial charge is 0.497 e. The Labute approximate surface area is 133 Å². The van der Waals surface area contributed by atoms with Gasteiger partial charge in [0.1, 0.15) is 18.1 Å². The molecule has 2 aromatic carbocycles. The van der Waals surface area contributed by atoms with Crippen LogP contribution in [0, 0.1) is 0 Å². The Hall–Kier alpha value is -2.95. The Morgan fingerprint density at radius 1 is 1.09 bits per heavy atom. The molecule has 0 amide bonds. The zero-order valence-electron chi connectivity index (χ0n) is 12.7. The van der Waals surface area contributed by atoms with Crippen molar-refractivity contribution in [1.29, 1.82) is 0 Å². The number of ether oxygens (including phenoxy) is 2. The molecule has 1 aromatic heterocycles. The van der Waals surface area contributed by atoms with E-state index in [0.29, 0.717) is 18.7 Å². The van der Waals surface area contributed by atoms with E-state index in [2.05, 4.69) is 0 Å². The highest BCUT2D eigenvalue weighted by molar-refractivity contribution is 6.03. The maximum Gasteiger partial charge on any atom is 0.337 e. The Morgan fingerprint density at radius 3 is 2.48 bits per heavy atom. The van der Waals surface area contributed by atoms with Gasteiger partial charge in [-0.3, -0.25) is 0 Å². The van der Waals surface area contributed by atoms with Crippen molar-refractivity contribution in [3.05, 3.63) is 60.3 Å². The molecule has 23 heavy (non-hydrogen) atoms. The van der Waals surface area contributed by atoms with Crippen LogP contribution in [0.2, 0.25) is 0 Å². The summed E-state index contributed by atoms with van der Waals surface area (Å²) in [6.07, 6.45) is 1.66. The van der Waals surface area contributed by atoms with Crippen molar-refractivity contribution in [1.82, 2.24) is 4.57 Å². The monoisotopic (exact) mass is 311 g/mol. The van der Waals surface area contributed by atoms with Gasteiger partial charge in [0.25, 0.3) is 0 Å². The molecular formula is C18H17NO4. The fraction of sp³-hybridized carbons (Fsp3) is 0.167. The summed E-state index contributed by atoms with van der Waals surface area (Å²) in [6.45, 7) is 1.02. The van der Waals surface area contributed by atoms with Crippen LogP contribution < -0.4 is 9.47 Å². The lowest BCUT2D eigenvalue weighted by Crippen LogP contribution is -2.07. The van der Waals surface area contributed by atoms with Crippen molar-refractivity contribution >= 4 is 16.9 Å². The molecular weight excluding hydrogens is 294 g/mol. The van der Waals surface area contributed by atoms with Gasteiger partial charge in [0, 0.05) is 17.1 Å². The number of methoxy groups -OCH3 is 1. The number of hydrogen-bond donors (Lipinski definition) is 1. The molecule has 1 heterocycles. The lowest BCUT2D eigenvalue weighted by Gasteiger charge is -2.08. The van der Waals surface area contributed by atoms with E-state index in [-0.39, 0.29) is 0 Å². The number of para-hydroxylation sites is 1. The Morgan fingerprint density at radius 2 is 1.78 bits per heavy atom. The van der Waals surface area contributed by atoms with Crippen molar-refractivity contribution in [3.8, 4) is 11.5 Å². The van der Waals surface area contributed by atoms with E-state index < -0.39 is 5.97 Å². The molecule has 0 bridgehead atoms. The summed E-state index contributed by atoms with van der Waals surface area (Å²) in [7, 11) is 1.62. The maximum absolute atomic E-state index is 11.3. The molecule has 0 spiro atoms. The number of carboxylic acid groups (broad SMARTS) is 1. The van der Waals surface area contributed by atoms with Gasteiger partial charge in [0.15, 0.2) is 0 Å². The number of nitrogens with zero attached hydrogens (tertiary/aromatic N) is 1. The van der Waals surface area contributed by atoms with Crippen LogP contribution in [0.1, 0.15) is 10.4 Å². The van der Waals surface area contributed by atoms with Gasteiger partial charge in [-0.25, -0.2) is 4.79 Å². The molecule has 3 rings (SSSR count). The molecule has 3 aromatic rings. The number of carboxylic acids is 1. The fourth-order valence-corrected chi connectivity index (χ4v) is 2.54. The van der Waals surface area contributed by atoms with Crippen molar-refractivity contribution in [2.75, 3.05) is 13.7 Å². The first-order valence-corrected chi connectivity index (χ1v) is 7.27. The topological polar surface area (TPSA) is 60.7 Å². The van der Waals surface area contributed by atoms with Gasteiger partial charge in [-0.2, -0.15) is 0 Å². The van der Waals surface area contributed by atoms with E-state index >= 15 is 0 Å². The van der Waals surface area contributed by atoms with Crippen LogP contribution in [-0.2, 0) is 6.54 Å². The molecule has 5 nitrogen and oxygen atoms in total. The van der Waals surface area contributed by atoms with Crippen molar-refractivity contribution in [2.24, 2.45) is 0 Å². The Balaban J connectivity index is 1.73. The summed E-state index contributed by atoms with van der Waals surface area (Å²) >= 11 is 0. The number of benzene rings is 2. The lowest BCUT2D eigenvalue weighted by molar-refractivity contribution is 0.0698. The number of carbonyl (C=O) groups is 1. The number of rotatable bonds is 6. The van der Waals surface area contributed by atoms with Crippen molar-refractivity contribution < 1.29 is 19.4 Å². The summed E-state index contributed by atoms with van der Waals surface area (Å²) in [4.78, 5) is 11.3. The van der Waals surface area contributed by atoms with Crippen molar-refractivity contribution in [2.45, 2.75) is 6.54 Å². The average molecular weight is 311 g/mol. The quantitative estimate of drug-likeness (QED) is 0.757. The van der Waals surface area contributed by atoms with Gasteiger partial charge in [0.05, 0.1) is 19.2 Å². The standard InChI is InChI=1S/C18H17NO4/c1-22-13-6-8-14(9-7-13)23-11-10-19-12-16(18(20)21)15-4-2-3-5-17(15)19/h2-9,12H,10-11H2,1H3,(H,20,21). The zero-order valence-corrected chi connectivity index (χ0v) is 12.7. The van der Waals surface area contributed by atoms with Crippen molar-refractivity contribution in [3.63, 3.8) is 0 Å². The zero-order chi connectivity index (χ0) is 16.2. The highest BCUT2D eigenvalue weighted by atomic mass is 16.5. The molecule has 1 N–H and O–H groups in total. The van der Waals surface area contributed by atoms with Crippen LogP contribution in [0.3, 0.4) is 0 Å². The van der Waals surface area contributed by atoms with Gasteiger partial charge in [-0.05, 0) is 30.3 Å². The predicted molar refractivity (Wildman–Crippen MR) is 87.4 cm³/mol. The smallest absolute Gasteiger partial charge is 0.337 e. The molecule has 5 heteroatoms. The maximum atomic E-state index is 11.3. The van der Waals surface area contributed by atoms with E-state index in [4.69, 9.17) is 9.47 Å². The van der Waals surface area contributed by atoms with E-state index in [9.17, 15) is 9.90 Å². The second-order valence-corrected chi connectivity index (χ2v) is 5.08. The number of hydrogen-bond acceptors (Lipinski definition) is 3. The normalized spacial score (nSPS) is 10.7. The molecule has 0 atom stereocenters. The van der Waals surface area contributed by atoms with Gasteiger partial charge in [0.2, 0.25) is 0 Å². The molecule has 118 valence electrons. The van der Waals surface area contributed by atoms with Crippen LogP contribution in [0.4, 0.5) is 0 Å². The van der Waals surface area contributed by atoms with Crippen LogP contribution >= 0.6 is 0 Å². The van der Waals surface area contributed by atoms with Gasteiger partial charge in [-0.1, -0.05) is 18.2 Å². The fourth-order valence-electron chi connectivity index (χ4n) is 2.54. The number of fused-ring (bicyclic) bond motifs is 1. The van der Waals surface area contributed by atoms with Crippen LogP contribution in [0.25, 0.3) is 10.9 Å². The minimum Gasteiger partial charge on any atom is -0.497 e. The lowest BCUT2D eigenvalue weighted by atomic mass is 10.2. The molecule has 0 aliphatic heterocycles. The molecule has 0 radical (unpaired) electrons. The van der Waals surface area contributed by atoms with Gasteiger partial charge < -0.3 is 19.1 Å². The Kier molecular flexibility index (Phi) is 4.19. The summed E-state index contributed by atoms with van der Waals surface area (Å²) in [5.74, 6) is 0.608. The van der Waals surface area contributed by atoms with E-state index in [0.717, 1.165) is 22.4 Å². The Bertz CT molecular complexity index is 821. The average Bonchev–Trinajstić information content (AvgIpc) is 2.95. The molecule has 0 aliphatic carbocycles. The molecule has 0 fully saturated rings. The molecule has 0 saturated carbocycles. The van der Waals surface area contributed by atoms with E-state index in [1.807, 2.05) is 53.1 Å². The first kappa shape index (κ1) is 15.0. The highest BCUT2D eigenvalue weighted by Crippen LogP contribution is 2.22. The molecule has 0 unspecified atom stereocenters. The third-order valence-electron chi connectivity index (χ3n) is 3.68. The second-order valence-electron chi connectivity index (χ2n) is 5.08. The van der Waals surface area contributed by atoms with Gasteiger partial charge in [-0.15, -0.1) is 0 Å². The first-order chi connectivity index (χ1) is 11.2. The summed E-state index contributed by atoms with van der Waals surface area (Å²) in [6, 6.07) is 14.8. The van der Waals surface area contributed by atoms with Gasteiger partial charge >= 0.3 is 5.97 Å². The summed E-state index contributed by atoms with van der Waals surface area (Å²) < 4.78 is 12.7. The third kappa shape index (κ3) is 3.13.